The summed E-state index contributed by atoms with van der Waals surface area (Å²) in [6.07, 6.45) is 7.48. The Morgan fingerprint density at radius 3 is 2.23 bits per heavy atom. The summed E-state index contributed by atoms with van der Waals surface area (Å²) in [5, 5.41) is 0. The van der Waals surface area contributed by atoms with Gasteiger partial charge >= 0.3 is 0 Å². The minimum Gasteiger partial charge on any atom is -0.375 e. The third kappa shape index (κ3) is 4.47. The van der Waals surface area contributed by atoms with E-state index in [1.807, 2.05) is 6.08 Å². The van der Waals surface area contributed by atoms with E-state index in [0.717, 1.165) is 25.9 Å². The fourth-order valence-corrected chi connectivity index (χ4v) is 1.50. The van der Waals surface area contributed by atoms with Crippen molar-refractivity contribution in [2.24, 2.45) is 0 Å². The van der Waals surface area contributed by atoms with Gasteiger partial charge in [-0.3, -0.25) is 0 Å². The molecule has 0 saturated carbocycles. The Morgan fingerprint density at radius 2 is 1.85 bits per heavy atom. The largest absolute Gasteiger partial charge is 0.375 e. The van der Waals surface area contributed by atoms with Gasteiger partial charge in [0.15, 0.2) is 0 Å². The Bertz CT molecular complexity index is 125. The highest BCUT2D eigenvalue weighted by Gasteiger charge is 2.24. The van der Waals surface area contributed by atoms with Crippen LogP contribution in [0.5, 0.6) is 0 Å². The lowest BCUT2D eigenvalue weighted by molar-refractivity contribution is -0.0502. The molecule has 0 aromatic rings. The van der Waals surface area contributed by atoms with Crippen LogP contribution in [0.4, 0.5) is 0 Å². The standard InChI is InChI=1S/C12H24O/c1-5-9-11-13-12(7-3,8-4)10-6-2/h6H,2,5,7-11H2,1,3-4H3. The molecule has 1 heteroatoms. The Morgan fingerprint density at radius 1 is 1.23 bits per heavy atom. The molecular formula is C12H24O. The van der Waals surface area contributed by atoms with E-state index in [1.54, 1.807) is 0 Å². The monoisotopic (exact) mass is 184 g/mol. The first kappa shape index (κ1) is 12.7. The molecule has 0 aliphatic heterocycles. The maximum absolute atomic E-state index is 5.94. The van der Waals surface area contributed by atoms with Crippen molar-refractivity contribution in [3.63, 3.8) is 0 Å². The van der Waals surface area contributed by atoms with Gasteiger partial charge in [-0.2, -0.15) is 0 Å². The summed E-state index contributed by atoms with van der Waals surface area (Å²) in [7, 11) is 0. The van der Waals surface area contributed by atoms with Crippen LogP contribution in [-0.2, 0) is 4.74 Å². The smallest absolute Gasteiger partial charge is 0.0711 e. The van der Waals surface area contributed by atoms with Crippen molar-refractivity contribution in [3.8, 4) is 0 Å². The zero-order valence-electron chi connectivity index (χ0n) is 9.44. The van der Waals surface area contributed by atoms with Crippen molar-refractivity contribution < 1.29 is 4.74 Å². The normalized spacial score (nSPS) is 11.6. The van der Waals surface area contributed by atoms with Gasteiger partial charge in [0.05, 0.1) is 5.60 Å². The van der Waals surface area contributed by atoms with E-state index in [-0.39, 0.29) is 5.60 Å². The van der Waals surface area contributed by atoms with Gasteiger partial charge in [0.25, 0.3) is 0 Å². The lowest BCUT2D eigenvalue weighted by Crippen LogP contribution is -2.30. The van der Waals surface area contributed by atoms with Gasteiger partial charge in [0, 0.05) is 6.61 Å². The van der Waals surface area contributed by atoms with Crippen molar-refractivity contribution in [2.75, 3.05) is 6.61 Å². The van der Waals surface area contributed by atoms with E-state index < -0.39 is 0 Å². The van der Waals surface area contributed by atoms with Crippen molar-refractivity contribution in [1.82, 2.24) is 0 Å². The van der Waals surface area contributed by atoms with Crippen LogP contribution in [0.2, 0.25) is 0 Å². The Labute approximate surface area is 83.2 Å². The summed E-state index contributed by atoms with van der Waals surface area (Å²) >= 11 is 0. The Balaban J connectivity index is 3.96. The van der Waals surface area contributed by atoms with Crippen molar-refractivity contribution >= 4 is 0 Å². The highest BCUT2D eigenvalue weighted by molar-refractivity contribution is 4.86. The van der Waals surface area contributed by atoms with Gasteiger partial charge < -0.3 is 4.74 Å². The van der Waals surface area contributed by atoms with Crippen molar-refractivity contribution in [3.05, 3.63) is 12.7 Å². The summed E-state index contributed by atoms with van der Waals surface area (Å²) < 4.78 is 5.94. The molecule has 0 fully saturated rings. The van der Waals surface area contributed by atoms with Crippen LogP contribution < -0.4 is 0 Å². The summed E-state index contributed by atoms with van der Waals surface area (Å²) in [6, 6.07) is 0. The molecule has 0 aromatic carbocycles. The number of unbranched alkanes of at least 4 members (excludes halogenated alkanes) is 1. The highest BCUT2D eigenvalue weighted by atomic mass is 16.5. The van der Waals surface area contributed by atoms with Crippen LogP contribution in [0.15, 0.2) is 12.7 Å². The SMILES string of the molecule is C=CCC(CC)(CC)OCCCC. The highest BCUT2D eigenvalue weighted by Crippen LogP contribution is 2.25. The van der Waals surface area contributed by atoms with Gasteiger partial charge in [-0.15, -0.1) is 6.58 Å². The zero-order chi connectivity index (χ0) is 10.2. The molecule has 0 heterocycles. The maximum atomic E-state index is 5.94. The Hall–Kier alpha value is -0.300. The van der Waals surface area contributed by atoms with Crippen LogP contribution in [0, 0.1) is 0 Å². The second-order valence-corrected chi connectivity index (χ2v) is 3.58. The third-order valence-electron chi connectivity index (χ3n) is 2.71. The lowest BCUT2D eigenvalue weighted by atomic mass is 9.93. The fraction of sp³-hybridized carbons (Fsp3) is 0.833. The van der Waals surface area contributed by atoms with E-state index in [4.69, 9.17) is 4.74 Å². The molecule has 0 rings (SSSR count). The predicted molar refractivity (Wildman–Crippen MR) is 59.0 cm³/mol. The molecule has 0 aliphatic carbocycles. The fourth-order valence-electron chi connectivity index (χ4n) is 1.50. The molecule has 0 saturated heterocycles. The van der Waals surface area contributed by atoms with Crippen LogP contribution in [0.25, 0.3) is 0 Å². The molecule has 0 radical (unpaired) electrons. The van der Waals surface area contributed by atoms with Crippen molar-refractivity contribution in [2.45, 2.75) is 58.5 Å². The van der Waals surface area contributed by atoms with Gasteiger partial charge in [-0.1, -0.05) is 33.3 Å². The number of rotatable bonds is 8. The number of ether oxygens (including phenoxy) is 1. The van der Waals surface area contributed by atoms with Crippen LogP contribution >= 0.6 is 0 Å². The van der Waals surface area contributed by atoms with E-state index >= 15 is 0 Å². The first-order valence-electron chi connectivity index (χ1n) is 5.49. The summed E-state index contributed by atoms with van der Waals surface area (Å²) in [5.41, 5.74) is 0.0664. The topological polar surface area (TPSA) is 9.23 Å². The molecule has 0 N–H and O–H groups in total. The van der Waals surface area contributed by atoms with E-state index in [9.17, 15) is 0 Å². The predicted octanol–water partition coefficient (Wildman–Crippen LogP) is 3.94. The molecule has 0 atom stereocenters. The third-order valence-corrected chi connectivity index (χ3v) is 2.71. The second-order valence-electron chi connectivity index (χ2n) is 3.58. The van der Waals surface area contributed by atoms with Crippen LogP contribution in [0.1, 0.15) is 52.9 Å². The minimum atomic E-state index is 0.0664. The van der Waals surface area contributed by atoms with Gasteiger partial charge in [0.1, 0.15) is 0 Å². The number of hydrogen-bond donors (Lipinski definition) is 0. The minimum absolute atomic E-state index is 0.0664. The summed E-state index contributed by atoms with van der Waals surface area (Å²) in [4.78, 5) is 0. The zero-order valence-corrected chi connectivity index (χ0v) is 9.44. The summed E-state index contributed by atoms with van der Waals surface area (Å²) in [6.45, 7) is 11.3. The molecule has 0 unspecified atom stereocenters. The first-order valence-corrected chi connectivity index (χ1v) is 5.49. The Kier molecular flexibility index (Phi) is 6.97. The van der Waals surface area contributed by atoms with Crippen molar-refractivity contribution in [1.29, 1.82) is 0 Å². The van der Waals surface area contributed by atoms with Gasteiger partial charge in [-0.05, 0) is 25.7 Å². The van der Waals surface area contributed by atoms with Crippen LogP contribution in [-0.4, -0.2) is 12.2 Å². The van der Waals surface area contributed by atoms with Gasteiger partial charge in [-0.25, -0.2) is 0 Å². The molecule has 0 spiro atoms. The van der Waals surface area contributed by atoms with E-state index in [1.165, 1.54) is 12.8 Å². The van der Waals surface area contributed by atoms with Crippen LogP contribution in [0.3, 0.4) is 0 Å². The van der Waals surface area contributed by atoms with Gasteiger partial charge in [0.2, 0.25) is 0 Å². The molecular weight excluding hydrogens is 160 g/mol. The maximum Gasteiger partial charge on any atom is 0.0711 e. The molecule has 0 aliphatic rings. The quantitative estimate of drug-likeness (QED) is 0.410. The second kappa shape index (κ2) is 7.14. The lowest BCUT2D eigenvalue weighted by Gasteiger charge is -2.31. The number of hydrogen-bond acceptors (Lipinski definition) is 1. The molecule has 78 valence electrons. The van der Waals surface area contributed by atoms with E-state index in [2.05, 4.69) is 27.4 Å². The first-order chi connectivity index (χ1) is 6.24. The molecule has 1 nitrogen and oxygen atoms in total. The van der Waals surface area contributed by atoms with E-state index in [0.29, 0.717) is 0 Å². The summed E-state index contributed by atoms with van der Waals surface area (Å²) in [5.74, 6) is 0. The average molecular weight is 184 g/mol. The molecule has 13 heavy (non-hydrogen) atoms. The molecule has 0 amide bonds. The average Bonchev–Trinajstić information content (AvgIpc) is 2.17. The molecule has 0 bridgehead atoms. The molecule has 0 aromatic heterocycles.